The topological polar surface area (TPSA) is 66.8 Å². The number of carboxylic acids is 1. The molecule has 0 fully saturated rings. The van der Waals surface area contributed by atoms with Crippen LogP contribution in [0.2, 0.25) is 0 Å². The van der Waals surface area contributed by atoms with E-state index in [1.54, 1.807) is 28.4 Å². The van der Waals surface area contributed by atoms with Crippen LogP contribution in [-0.2, 0) is 11.2 Å². The van der Waals surface area contributed by atoms with E-state index in [2.05, 4.69) is 0 Å². The van der Waals surface area contributed by atoms with E-state index < -0.39 is 5.97 Å². The molecule has 0 unspecified atom stereocenters. The summed E-state index contributed by atoms with van der Waals surface area (Å²) in [5.41, 5.74) is 1.58. The van der Waals surface area contributed by atoms with Gasteiger partial charge >= 0.3 is 5.97 Å². The summed E-state index contributed by atoms with van der Waals surface area (Å²) in [6, 6.07) is 6.74. The average Bonchev–Trinajstić information content (AvgIpc) is 2.98. The molecule has 2 heterocycles. The number of amides is 1. The van der Waals surface area contributed by atoms with E-state index in [9.17, 15) is 14.7 Å². The predicted octanol–water partition coefficient (Wildman–Crippen LogP) is 2.41. The number of fused-ring (bicyclic) bond motifs is 1. The SMILES string of the molecule is O=C(O)c1cccc2c1OCCN2C(=O)Cc1ccsc1. The Morgan fingerprint density at radius 1 is 1.33 bits per heavy atom. The molecule has 0 spiro atoms. The number of carbonyl (C=O) groups excluding carboxylic acids is 1. The van der Waals surface area contributed by atoms with Crippen LogP contribution in [0.4, 0.5) is 5.69 Å². The number of nitrogens with zero attached hydrogens (tertiary/aromatic N) is 1. The first kappa shape index (κ1) is 13.6. The summed E-state index contributed by atoms with van der Waals surface area (Å²) in [5, 5.41) is 13.1. The monoisotopic (exact) mass is 303 g/mol. The largest absolute Gasteiger partial charge is 0.489 e. The molecule has 0 saturated carbocycles. The van der Waals surface area contributed by atoms with E-state index in [1.807, 2.05) is 16.8 Å². The third-order valence-corrected chi connectivity index (χ3v) is 4.05. The minimum atomic E-state index is -1.06. The van der Waals surface area contributed by atoms with Crippen molar-refractivity contribution in [2.75, 3.05) is 18.1 Å². The van der Waals surface area contributed by atoms with E-state index in [0.717, 1.165) is 5.56 Å². The Labute approximate surface area is 125 Å². The van der Waals surface area contributed by atoms with Crippen molar-refractivity contribution < 1.29 is 19.4 Å². The number of para-hydroxylation sites is 1. The fourth-order valence-electron chi connectivity index (χ4n) is 2.34. The second-order valence-corrected chi connectivity index (χ2v) is 5.44. The molecule has 0 saturated heterocycles. The van der Waals surface area contributed by atoms with Crippen LogP contribution in [0.5, 0.6) is 5.75 Å². The minimum absolute atomic E-state index is 0.0551. The van der Waals surface area contributed by atoms with Crippen LogP contribution < -0.4 is 9.64 Å². The van der Waals surface area contributed by atoms with Crippen LogP contribution in [0.15, 0.2) is 35.0 Å². The third kappa shape index (κ3) is 2.62. The maximum absolute atomic E-state index is 12.4. The van der Waals surface area contributed by atoms with Gasteiger partial charge in [-0.15, -0.1) is 0 Å². The molecule has 0 aliphatic carbocycles. The fourth-order valence-corrected chi connectivity index (χ4v) is 3.01. The first-order valence-corrected chi connectivity index (χ1v) is 7.41. The molecule has 2 aromatic rings. The normalized spacial score (nSPS) is 13.4. The second kappa shape index (κ2) is 5.57. The van der Waals surface area contributed by atoms with Gasteiger partial charge in [0, 0.05) is 0 Å². The van der Waals surface area contributed by atoms with Crippen LogP contribution in [0, 0.1) is 0 Å². The molecule has 6 heteroatoms. The van der Waals surface area contributed by atoms with Gasteiger partial charge in [0.2, 0.25) is 5.91 Å². The lowest BCUT2D eigenvalue weighted by molar-refractivity contribution is -0.118. The molecule has 21 heavy (non-hydrogen) atoms. The Morgan fingerprint density at radius 3 is 2.90 bits per heavy atom. The molecule has 0 bridgehead atoms. The molecule has 0 atom stereocenters. The number of anilines is 1. The highest BCUT2D eigenvalue weighted by atomic mass is 32.1. The predicted molar refractivity (Wildman–Crippen MR) is 79.3 cm³/mol. The maximum atomic E-state index is 12.4. The molecule has 108 valence electrons. The van der Waals surface area contributed by atoms with Gasteiger partial charge in [-0.2, -0.15) is 11.3 Å². The highest BCUT2D eigenvalue weighted by molar-refractivity contribution is 7.08. The molecule has 5 nitrogen and oxygen atoms in total. The Kier molecular flexibility index (Phi) is 3.62. The van der Waals surface area contributed by atoms with Crippen molar-refractivity contribution in [3.05, 3.63) is 46.2 Å². The summed E-state index contributed by atoms with van der Waals surface area (Å²) in [4.78, 5) is 25.3. The number of aromatic carboxylic acids is 1. The zero-order valence-corrected chi connectivity index (χ0v) is 11.9. The van der Waals surface area contributed by atoms with E-state index in [1.165, 1.54) is 6.07 Å². The van der Waals surface area contributed by atoms with Crippen LogP contribution in [0.1, 0.15) is 15.9 Å². The molecule has 1 N–H and O–H groups in total. The highest BCUT2D eigenvalue weighted by Crippen LogP contribution is 2.35. The Morgan fingerprint density at radius 2 is 2.19 bits per heavy atom. The fraction of sp³-hybridized carbons (Fsp3) is 0.200. The molecule has 1 aliphatic rings. The van der Waals surface area contributed by atoms with Gasteiger partial charge in [-0.1, -0.05) is 6.07 Å². The Bertz CT molecular complexity index is 681. The molecule has 1 aromatic carbocycles. The molecule has 3 rings (SSSR count). The first-order chi connectivity index (χ1) is 10.2. The number of hydrogen-bond acceptors (Lipinski definition) is 4. The maximum Gasteiger partial charge on any atom is 0.339 e. The summed E-state index contributed by atoms with van der Waals surface area (Å²) < 4.78 is 5.46. The van der Waals surface area contributed by atoms with Gasteiger partial charge in [0.15, 0.2) is 5.75 Å². The number of benzene rings is 1. The van der Waals surface area contributed by atoms with Gasteiger partial charge in [-0.25, -0.2) is 4.79 Å². The number of hydrogen-bond donors (Lipinski definition) is 1. The third-order valence-electron chi connectivity index (χ3n) is 3.31. The number of rotatable bonds is 3. The number of carboxylic acid groups (broad SMARTS) is 1. The van der Waals surface area contributed by atoms with Crippen molar-refractivity contribution >= 4 is 28.9 Å². The molecule has 0 radical (unpaired) electrons. The molecule has 1 aromatic heterocycles. The van der Waals surface area contributed by atoms with E-state index in [-0.39, 0.29) is 17.2 Å². The number of thiophene rings is 1. The lowest BCUT2D eigenvalue weighted by atomic mass is 10.1. The lowest BCUT2D eigenvalue weighted by Gasteiger charge is -2.30. The lowest BCUT2D eigenvalue weighted by Crippen LogP contribution is -2.39. The van der Waals surface area contributed by atoms with Crippen LogP contribution >= 0.6 is 11.3 Å². The van der Waals surface area contributed by atoms with Gasteiger partial charge < -0.3 is 14.7 Å². The quantitative estimate of drug-likeness (QED) is 0.945. The summed E-state index contributed by atoms with van der Waals surface area (Å²) in [6.45, 7) is 0.728. The van der Waals surface area contributed by atoms with Gasteiger partial charge in [-0.05, 0) is 34.5 Å². The van der Waals surface area contributed by atoms with Crippen molar-refractivity contribution in [2.24, 2.45) is 0 Å². The van der Waals surface area contributed by atoms with Crippen LogP contribution in [0.3, 0.4) is 0 Å². The molecule has 1 amide bonds. The minimum Gasteiger partial charge on any atom is -0.489 e. The van der Waals surface area contributed by atoms with Crippen LogP contribution in [0.25, 0.3) is 0 Å². The first-order valence-electron chi connectivity index (χ1n) is 6.47. The standard InChI is InChI=1S/C15H13NO4S/c17-13(8-10-4-7-21-9-10)16-5-6-20-14-11(15(18)19)2-1-3-12(14)16/h1-4,7,9H,5-6,8H2,(H,18,19). The van der Waals surface area contributed by atoms with Gasteiger partial charge in [0.25, 0.3) is 0 Å². The molecular weight excluding hydrogens is 290 g/mol. The summed E-state index contributed by atoms with van der Waals surface area (Å²) in [6.07, 6.45) is 0.306. The van der Waals surface area contributed by atoms with Crippen molar-refractivity contribution in [3.63, 3.8) is 0 Å². The Hall–Kier alpha value is -2.34. The van der Waals surface area contributed by atoms with Gasteiger partial charge in [-0.3, -0.25) is 4.79 Å². The van der Waals surface area contributed by atoms with E-state index >= 15 is 0 Å². The number of ether oxygens (including phenoxy) is 1. The van der Waals surface area contributed by atoms with E-state index in [4.69, 9.17) is 4.74 Å². The smallest absolute Gasteiger partial charge is 0.339 e. The summed E-state index contributed by atoms with van der Waals surface area (Å²) >= 11 is 1.55. The van der Waals surface area contributed by atoms with Crippen molar-refractivity contribution in [2.45, 2.75) is 6.42 Å². The summed E-state index contributed by atoms with van der Waals surface area (Å²) in [7, 11) is 0. The zero-order chi connectivity index (χ0) is 14.8. The van der Waals surface area contributed by atoms with Crippen molar-refractivity contribution in [3.8, 4) is 5.75 Å². The van der Waals surface area contributed by atoms with Gasteiger partial charge in [0.1, 0.15) is 12.2 Å². The zero-order valence-electron chi connectivity index (χ0n) is 11.1. The van der Waals surface area contributed by atoms with E-state index in [0.29, 0.717) is 25.3 Å². The molecular formula is C15H13NO4S. The van der Waals surface area contributed by atoms with Crippen molar-refractivity contribution in [1.82, 2.24) is 0 Å². The van der Waals surface area contributed by atoms with Crippen molar-refractivity contribution in [1.29, 1.82) is 0 Å². The average molecular weight is 303 g/mol. The number of carbonyl (C=O) groups is 2. The Balaban J connectivity index is 1.92. The van der Waals surface area contributed by atoms with Crippen LogP contribution in [-0.4, -0.2) is 30.1 Å². The van der Waals surface area contributed by atoms with Gasteiger partial charge in [0.05, 0.1) is 18.7 Å². The molecule has 1 aliphatic heterocycles. The second-order valence-electron chi connectivity index (χ2n) is 4.66. The highest BCUT2D eigenvalue weighted by Gasteiger charge is 2.27. The summed E-state index contributed by atoms with van der Waals surface area (Å²) in [5.74, 6) is -0.839.